The molecule has 1 heterocycles. The van der Waals surface area contributed by atoms with Crippen molar-refractivity contribution in [2.45, 2.75) is 19.3 Å². The average molecular weight is 225 g/mol. The van der Waals surface area contributed by atoms with E-state index in [-0.39, 0.29) is 0 Å². The topological polar surface area (TPSA) is 24.9 Å². The van der Waals surface area contributed by atoms with Gasteiger partial charge in [-0.25, -0.2) is 4.98 Å². The molecule has 1 saturated carbocycles. The molecular formula is C15H17N2. The number of nitrogens with one attached hydrogen (secondary N) is 1. The first-order chi connectivity index (χ1) is 8.35. The first kappa shape index (κ1) is 10.6. The van der Waals surface area contributed by atoms with Gasteiger partial charge >= 0.3 is 0 Å². The maximum absolute atomic E-state index is 4.64. The number of benzene rings is 1. The van der Waals surface area contributed by atoms with E-state index in [9.17, 15) is 0 Å². The summed E-state index contributed by atoms with van der Waals surface area (Å²) in [4.78, 5) is 4.64. The Hall–Kier alpha value is -1.57. The van der Waals surface area contributed by atoms with Crippen molar-refractivity contribution in [2.24, 2.45) is 5.92 Å². The van der Waals surface area contributed by atoms with Crippen LogP contribution in [0.2, 0.25) is 0 Å². The largest absolute Gasteiger partial charge is 0.370 e. The Labute approximate surface area is 102 Å². The van der Waals surface area contributed by atoms with Crippen LogP contribution in [0.25, 0.3) is 10.9 Å². The number of aromatic nitrogens is 1. The van der Waals surface area contributed by atoms with Gasteiger partial charge in [0.25, 0.3) is 0 Å². The van der Waals surface area contributed by atoms with Gasteiger partial charge in [-0.1, -0.05) is 12.1 Å². The second kappa shape index (κ2) is 4.36. The van der Waals surface area contributed by atoms with Crippen molar-refractivity contribution in [3.63, 3.8) is 0 Å². The van der Waals surface area contributed by atoms with E-state index < -0.39 is 0 Å². The van der Waals surface area contributed by atoms with Crippen LogP contribution in [0.3, 0.4) is 0 Å². The number of pyridine rings is 1. The lowest BCUT2D eigenvalue weighted by Crippen LogP contribution is -2.04. The van der Waals surface area contributed by atoms with Gasteiger partial charge < -0.3 is 5.32 Å². The molecule has 1 fully saturated rings. The van der Waals surface area contributed by atoms with Crippen LogP contribution in [0.5, 0.6) is 0 Å². The van der Waals surface area contributed by atoms with E-state index >= 15 is 0 Å². The molecule has 0 bridgehead atoms. The maximum atomic E-state index is 4.64. The second-order valence-electron chi connectivity index (χ2n) is 4.80. The normalized spacial score (nSPS) is 15.1. The third-order valence-corrected chi connectivity index (χ3v) is 3.31. The number of rotatable bonds is 4. The van der Waals surface area contributed by atoms with Crippen molar-refractivity contribution in [3.8, 4) is 0 Å². The van der Waals surface area contributed by atoms with E-state index in [2.05, 4.69) is 47.6 Å². The summed E-state index contributed by atoms with van der Waals surface area (Å²) in [5, 5.41) is 4.60. The van der Waals surface area contributed by atoms with Gasteiger partial charge in [-0.3, -0.25) is 0 Å². The van der Waals surface area contributed by atoms with Gasteiger partial charge in [-0.05, 0) is 55.9 Å². The summed E-state index contributed by atoms with van der Waals surface area (Å²) in [6.45, 7) is 4.97. The van der Waals surface area contributed by atoms with Crippen molar-refractivity contribution >= 4 is 16.7 Å². The van der Waals surface area contributed by atoms with Gasteiger partial charge in [0.2, 0.25) is 0 Å². The highest BCUT2D eigenvalue weighted by atomic mass is 15.0. The number of nitrogens with zero attached hydrogens (tertiary/aromatic N) is 1. The fourth-order valence-electron chi connectivity index (χ4n) is 1.99. The number of anilines is 1. The molecule has 1 aliphatic carbocycles. The van der Waals surface area contributed by atoms with Crippen LogP contribution >= 0.6 is 0 Å². The fourth-order valence-corrected chi connectivity index (χ4v) is 1.99. The summed E-state index contributed by atoms with van der Waals surface area (Å²) in [5.41, 5.74) is 2.30. The van der Waals surface area contributed by atoms with Crippen molar-refractivity contribution in [3.05, 3.63) is 42.8 Å². The molecule has 0 aliphatic heterocycles. The van der Waals surface area contributed by atoms with Crippen LogP contribution in [0.4, 0.5) is 5.82 Å². The third-order valence-electron chi connectivity index (χ3n) is 3.31. The second-order valence-corrected chi connectivity index (χ2v) is 4.80. The summed E-state index contributed by atoms with van der Waals surface area (Å²) in [6.07, 6.45) is 3.55. The summed E-state index contributed by atoms with van der Waals surface area (Å²) >= 11 is 0. The molecule has 2 heteroatoms. The molecule has 0 amide bonds. The van der Waals surface area contributed by atoms with E-state index in [1.807, 2.05) is 0 Å². The Bertz CT molecular complexity index is 529. The van der Waals surface area contributed by atoms with Crippen LogP contribution in [0.15, 0.2) is 30.3 Å². The highest BCUT2D eigenvalue weighted by Gasteiger charge is 2.20. The maximum Gasteiger partial charge on any atom is 0.126 e. The molecule has 2 nitrogen and oxygen atoms in total. The van der Waals surface area contributed by atoms with Gasteiger partial charge in [-0.15, -0.1) is 0 Å². The molecule has 1 aliphatic rings. The Balaban J connectivity index is 1.86. The minimum absolute atomic E-state index is 0.817. The molecule has 2 aromatic rings. The van der Waals surface area contributed by atoms with Crippen LogP contribution in [-0.4, -0.2) is 11.5 Å². The smallest absolute Gasteiger partial charge is 0.126 e. The molecule has 1 radical (unpaired) electrons. The lowest BCUT2D eigenvalue weighted by Gasteiger charge is -2.06. The zero-order valence-electron chi connectivity index (χ0n) is 9.95. The molecule has 0 spiro atoms. The summed E-state index contributed by atoms with van der Waals surface area (Å²) in [6, 6.07) is 10.6. The van der Waals surface area contributed by atoms with Crippen LogP contribution in [-0.2, 0) is 6.42 Å². The number of fused-ring (bicyclic) bond motifs is 1. The summed E-state index contributed by atoms with van der Waals surface area (Å²) in [7, 11) is 0. The third kappa shape index (κ3) is 2.41. The average Bonchev–Trinajstić information content (AvgIpc) is 3.19. The standard InChI is InChI=1S/C15H17N2/c1-2-11-5-6-13-7-8-15(17-14(13)9-11)16-10-12-3-4-12/h5-9,12H,1-4,10H2,(H,16,17). The predicted octanol–water partition coefficient (Wildman–Crippen LogP) is 3.43. The van der Waals surface area contributed by atoms with Crippen molar-refractivity contribution < 1.29 is 0 Å². The van der Waals surface area contributed by atoms with Crippen molar-refractivity contribution in [1.82, 2.24) is 4.98 Å². The van der Waals surface area contributed by atoms with Crippen molar-refractivity contribution in [2.75, 3.05) is 11.9 Å². The highest BCUT2D eigenvalue weighted by molar-refractivity contribution is 5.80. The van der Waals surface area contributed by atoms with Gasteiger partial charge in [-0.2, -0.15) is 0 Å². The van der Waals surface area contributed by atoms with Gasteiger partial charge in [0.1, 0.15) is 5.82 Å². The Morgan fingerprint density at radius 3 is 2.82 bits per heavy atom. The van der Waals surface area contributed by atoms with Gasteiger partial charge in [0.05, 0.1) is 5.52 Å². The lowest BCUT2D eigenvalue weighted by atomic mass is 10.1. The molecule has 17 heavy (non-hydrogen) atoms. The Kier molecular flexibility index (Phi) is 2.71. The van der Waals surface area contributed by atoms with Crippen LogP contribution in [0, 0.1) is 12.8 Å². The highest BCUT2D eigenvalue weighted by Crippen LogP contribution is 2.28. The zero-order chi connectivity index (χ0) is 11.7. The van der Waals surface area contributed by atoms with Crippen LogP contribution < -0.4 is 5.32 Å². The monoisotopic (exact) mass is 225 g/mol. The molecule has 1 aromatic carbocycles. The number of hydrogen-bond donors (Lipinski definition) is 1. The number of hydrogen-bond acceptors (Lipinski definition) is 2. The Morgan fingerprint density at radius 2 is 2.06 bits per heavy atom. The molecule has 1 N–H and O–H groups in total. The molecular weight excluding hydrogens is 208 g/mol. The summed E-state index contributed by atoms with van der Waals surface area (Å²) < 4.78 is 0. The minimum atomic E-state index is 0.817. The Morgan fingerprint density at radius 1 is 1.24 bits per heavy atom. The molecule has 87 valence electrons. The SMILES string of the molecule is [CH2]Cc1ccc2ccc(NCC3CC3)nc2c1. The van der Waals surface area contributed by atoms with E-state index in [1.54, 1.807) is 0 Å². The zero-order valence-corrected chi connectivity index (χ0v) is 9.95. The quantitative estimate of drug-likeness (QED) is 0.862. The minimum Gasteiger partial charge on any atom is -0.370 e. The molecule has 1 aromatic heterocycles. The fraction of sp³-hybridized carbons (Fsp3) is 0.333. The molecule has 0 atom stereocenters. The predicted molar refractivity (Wildman–Crippen MR) is 72.0 cm³/mol. The summed E-state index contributed by atoms with van der Waals surface area (Å²) in [5.74, 6) is 1.87. The van der Waals surface area contributed by atoms with E-state index in [0.29, 0.717) is 0 Å². The van der Waals surface area contributed by atoms with Gasteiger partial charge in [0, 0.05) is 11.9 Å². The first-order valence-electron chi connectivity index (χ1n) is 6.28. The molecule has 0 unspecified atom stereocenters. The van der Waals surface area contributed by atoms with E-state index in [4.69, 9.17) is 0 Å². The van der Waals surface area contributed by atoms with Crippen LogP contribution in [0.1, 0.15) is 18.4 Å². The van der Waals surface area contributed by atoms with E-state index in [0.717, 1.165) is 30.2 Å². The first-order valence-corrected chi connectivity index (χ1v) is 6.28. The molecule has 3 rings (SSSR count). The van der Waals surface area contributed by atoms with Gasteiger partial charge in [0.15, 0.2) is 0 Å². The van der Waals surface area contributed by atoms with Crippen molar-refractivity contribution in [1.29, 1.82) is 0 Å². The van der Waals surface area contributed by atoms with E-state index in [1.165, 1.54) is 23.8 Å². The lowest BCUT2D eigenvalue weighted by molar-refractivity contribution is 0.884. The molecule has 0 saturated heterocycles.